The van der Waals surface area contributed by atoms with Crippen LogP contribution in [-0.4, -0.2) is 10.5 Å². The summed E-state index contributed by atoms with van der Waals surface area (Å²) < 4.78 is 11.2. The third-order valence-corrected chi connectivity index (χ3v) is 2.66. The number of nitrogens with two attached hydrogens (primary N) is 2. The van der Waals surface area contributed by atoms with Crippen molar-refractivity contribution in [1.82, 2.24) is 5.43 Å². The van der Waals surface area contributed by atoms with Crippen LogP contribution in [0.2, 0.25) is 0 Å². The normalized spacial score (nSPS) is 13.7. The molecule has 1 atom stereocenters. The van der Waals surface area contributed by atoms with Crippen LogP contribution in [0.1, 0.15) is 5.56 Å². The SMILES string of the molecule is CS(=O)c1cccc(/C(N)=C/NN)c1. The van der Waals surface area contributed by atoms with Crippen LogP contribution < -0.4 is 17.0 Å². The van der Waals surface area contributed by atoms with Crippen LogP contribution >= 0.6 is 0 Å². The summed E-state index contributed by atoms with van der Waals surface area (Å²) in [5, 5.41) is 0. The molecule has 5 N–H and O–H groups in total. The van der Waals surface area contributed by atoms with Gasteiger partial charge in [-0.3, -0.25) is 10.1 Å². The first-order valence-electron chi connectivity index (χ1n) is 4.01. The highest BCUT2D eigenvalue weighted by Gasteiger charge is 2.00. The van der Waals surface area contributed by atoms with Gasteiger partial charge in [0.15, 0.2) is 0 Å². The topological polar surface area (TPSA) is 81.1 Å². The zero-order valence-electron chi connectivity index (χ0n) is 7.86. The fourth-order valence-corrected chi connectivity index (χ4v) is 1.59. The van der Waals surface area contributed by atoms with Crippen LogP contribution in [0.4, 0.5) is 0 Å². The Morgan fingerprint density at radius 3 is 2.86 bits per heavy atom. The zero-order chi connectivity index (χ0) is 10.6. The number of rotatable bonds is 3. The average molecular weight is 211 g/mol. The quantitative estimate of drug-likeness (QED) is 0.491. The predicted molar refractivity (Wildman–Crippen MR) is 58.3 cm³/mol. The maximum Gasteiger partial charge on any atom is 0.0562 e. The first-order valence-corrected chi connectivity index (χ1v) is 5.56. The molecule has 0 bridgehead atoms. The molecule has 0 saturated carbocycles. The molecule has 0 saturated heterocycles. The molecule has 1 unspecified atom stereocenters. The van der Waals surface area contributed by atoms with Crippen LogP contribution in [0.3, 0.4) is 0 Å². The van der Waals surface area contributed by atoms with Gasteiger partial charge in [-0.2, -0.15) is 0 Å². The minimum absolute atomic E-state index is 0.514. The Labute approximate surface area is 85.4 Å². The molecule has 0 spiro atoms. The molecule has 4 nitrogen and oxygen atoms in total. The van der Waals surface area contributed by atoms with Crippen LogP contribution in [0.15, 0.2) is 35.4 Å². The molecular weight excluding hydrogens is 198 g/mol. The van der Waals surface area contributed by atoms with E-state index in [0.29, 0.717) is 5.70 Å². The largest absolute Gasteiger partial charge is 0.397 e. The highest BCUT2D eigenvalue weighted by Crippen LogP contribution is 2.12. The van der Waals surface area contributed by atoms with E-state index >= 15 is 0 Å². The molecule has 1 aromatic carbocycles. The molecule has 1 rings (SSSR count). The van der Waals surface area contributed by atoms with E-state index in [0.717, 1.165) is 10.5 Å². The summed E-state index contributed by atoms with van der Waals surface area (Å²) in [6.07, 6.45) is 3.11. The van der Waals surface area contributed by atoms with E-state index in [1.807, 2.05) is 12.1 Å². The number of nitrogens with one attached hydrogen (secondary N) is 1. The minimum atomic E-state index is -0.994. The van der Waals surface area contributed by atoms with Gasteiger partial charge in [-0.05, 0) is 12.1 Å². The molecule has 0 radical (unpaired) electrons. The van der Waals surface area contributed by atoms with E-state index in [1.165, 1.54) is 6.20 Å². The smallest absolute Gasteiger partial charge is 0.0562 e. The first kappa shape index (κ1) is 10.7. The molecule has 0 amide bonds. The Balaban J connectivity index is 3.05. The monoisotopic (exact) mass is 211 g/mol. The molecule has 1 aromatic rings. The van der Waals surface area contributed by atoms with E-state index < -0.39 is 10.8 Å². The molecule has 0 aliphatic rings. The van der Waals surface area contributed by atoms with Gasteiger partial charge in [-0.25, -0.2) is 0 Å². The second kappa shape index (κ2) is 4.78. The number of hydrazine groups is 1. The van der Waals surface area contributed by atoms with Gasteiger partial charge < -0.3 is 11.2 Å². The molecule has 0 heterocycles. The molecule has 0 aliphatic carbocycles. The van der Waals surface area contributed by atoms with E-state index in [1.54, 1.807) is 18.4 Å². The average Bonchev–Trinajstić information content (AvgIpc) is 2.18. The van der Waals surface area contributed by atoms with Crippen molar-refractivity contribution in [3.8, 4) is 0 Å². The van der Waals surface area contributed by atoms with Crippen molar-refractivity contribution in [2.45, 2.75) is 4.90 Å². The number of hydrogen-bond acceptors (Lipinski definition) is 4. The zero-order valence-corrected chi connectivity index (χ0v) is 8.67. The number of benzene rings is 1. The Bertz CT molecular complexity index is 376. The second-order valence-electron chi connectivity index (χ2n) is 2.75. The van der Waals surface area contributed by atoms with Gasteiger partial charge in [0.1, 0.15) is 0 Å². The van der Waals surface area contributed by atoms with Gasteiger partial charge in [-0.1, -0.05) is 12.1 Å². The van der Waals surface area contributed by atoms with E-state index in [4.69, 9.17) is 11.6 Å². The molecule has 14 heavy (non-hydrogen) atoms. The van der Waals surface area contributed by atoms with Crippen molar-refractivity contribution in [1.29, 1.82) is 0 Å². The standard InChI is InChI=1S/C9H13N3OS/c1-14(13)8-4-2-3-7(5-8)9(10)6-12-11/h2-6,12H,10-11H2,1H3/b9-6-. The Hall–Kier alpha value is -1.33. The van der Waals surface area contributed by atoms with E-state index in [-0.39, 0.29) is 0 Å². The fourth-order valence-electron chi connectivity index (χ4n) is 1.03. The number of hydrogen-bond donors (Lipinski definition) is 3. The van der Waals surface area contributed by atoms with Gasteiger partial charge in [0, 0.05) is 33.7 Å². The Kier molecular flexibility index (Phi) is 3.67. The maximum absolute atomic E-state index is 11.2. The van der Waals surface area contributed by atoms with Crippen LogP contribution in [0.25, 0.3) is 5.70 Å². The summed E-state index contributed by atoms with van der Waals surface area (Å²) in [6, 6.07) is 7.21. The van der Waals surface area contributed by atoms with Crippen molar-refractivity contribution in [3.05, 3.63) is 36.0 Å². The molecule has 76 valence electrons. The van der Waals surface area contributed by atoms with Gasteiger partial charge in [0.25, 0.3) is 0 Å². The predicted octanol–water partition coefficient (Wildman–Crippen LogP) is 0.144. The van der Waals surface area contributed by atoms with Crippen LogP contribution in [0, 0.1) is 0 Å². The maximum atomic E-state index is 11.2. The minimum Gasteiger partial charge on any atom is -0.397 e. The van der Waals surface area contributed by atoms with Gasteiger partial charge >= 0.3 is 0 Å². The molecular formula is C9H13N3OS. The summed E-state index contributed by atoms with van der Waals surface area (Å²) in [5.41, 5.74) is 9.36. The van der Waals surface area contributed by atoms with Gasteiger partial charge in [0.2, 0.25) is 0 Å². The van der Waals surface area contributed by atoms with Crippen molar-refractivity contribution in [3.63, 3.8) is 0 Å². The van der Waals surface area contributed by atoms with Crippen molar-refractivity contribution >= 4 is 16.5 Å². The highest BCUT2D eigenvalue weighted by atomic mass is 32.2. The van der Waals surface area contributed by atoms with Crippen LogP contribution in [-0.2, 0) is 10.8 Å². The Morgan fingerprint density at radius 2 is 2.29 bits per heavy atom. The van der Waals surface area contributed by atoms with Gasteiger partial charge in [-0.15, -0.1) is 0 Å². The lowest BCUT2D eigenvalue weighted by Gasteiger charge is -2.03. The van der Waals surface area contributed by atoms with Crippen molar-refractivity contribution < 1.29 is 4.21 Å². The lowest BCUT2D eigenvalue weighted by Crippen LogP contribution is -2.16. The van der Waals surface area contributed by atoms with Crippen LogP contribution in [0.5, 0.6) is 0 Å². The second-order valence-corrected chi connectivity index (χ2v) is 4.13. The summed E-state index contributed by atoms with van der Waals surface area (Å²) in [5.74, 6) is 5.10. The molecule has 0 aromatic heterocycles. The molecule has 0 aliphatic heterocycles. The lowest BCUT2D eigenvalue weighted by atomic mass is 10.2. The Morgan fingerprint density at radius 1 is 1.57 bits per heavy atom. The first-order chi connectivity index (χ1) is 6.65. The summed E-state index contributed by atoms with van der Waals surface area (Å²) in [6.45, 7) is 0. The molecule has 0 fully saturated rings. The highest BCUT2D eigenvalue weighted by molar-refractivity contribution is 7.84. The van der Waals surface area contributed by atoms with Gasteiger partial charge in [0.05, 0.1) is 5.70 Å². The van der Waals surface area contributed by atoms with Crippen molar-refractivity contribution in [2.24, 2.45) is 11.6 Å². The van der Waals surface area contributed by atoms with Crippen molar-refractivity contribution in [2.75, 3.05) is 6.26 Å². The van der Waals surface area contributed by atoms with E-state index in [9.17, 15) is 4.21 Å². The fraction of sp³-hybridized carbons (Fsp3) is 0.111. The third kappa shape index (κ3) is 2.58. The van der Waals surface area contributed by atoms with E-state index in [2.05, 4.69) is 5.43 Å². The summed E-state index contributed by atoms with van der Waals surface area (Å²) in [7, 11) is -0.994. The lowest BCUT2D eigenvalue weighted by molar-refractivity contribution is 0.687. The summed E-state index contributed by atoms with van der Waals surface area (Å²) >= 11 is 0. The molecule has 5 heteroatoms. The third-order valence-electron chi connectivity index (χ3n) is 1.74. The summed E-state index contributed by atoms with van der Waals surface area (Å²) in [4.78, 5) is 0.746.